The molecule has 0 saturated heterocycles. The van der Waals surface area contributed by atoms with E-state index in [0.29, 0.717) is 12.3 Å². The minimum atomic E-state index is 0.505. The summed E-state index contributed by atoms with van der Waals surface area (Å²) in [6.07, 6.45) is 1.81. The topological polar surface area (TPSA) is 36.2 Å². The lowest BCUT2D eigenvalue weighted by atomic mass is 10.3. The van der Waals surface area contributed by atoms with Crippen molar-refractivity contribution in [2.24, 2.45) is 4.99 Å². The van der Waals surface area contributed by atoms with Gasteiger partial charge in [0.1, 0.15) is 0 Å². The summed E-state index contributed by atoms with van der Waals surface area (Å²) >= 11 is 5.58. The second-order valence-electron chi connectivity index (χ2n) is 2.34. The van der Waals surface area contributed by atoms with Gasteiger partial charge in [0.15, 0.2) is 0 Å². The number of hydrogen-bond acceptors (Lipinski definition) is 2. The van der Waals surface area contributed by atoms with Gasteiger partial charge >= 0.3 is 0 Å². The van der Waals surface area contributed by atoms with Crippen molar-refractivity contribution in [1.29, 1.82) is 5.41 Å². The summed E-state index contributed by atoms with van der Waals surface area (Å²) in [6, 6.07) is 0. The monoisotopic (exact) mass is 172 g/mol. The van der Waals surface area contributed by atoms with Crippen LogP contribution in [0.15, 0.2) is 16.1 Å². The summed E-state index contributed by atoms with van der Waals surface area (Å²) in [5.74, 6) is 0. The lowest BCUT2D eigenvalue weighted by Crippen LogP contribution is -2.03. The molecular weight excluding hydrogens is 160 g/mol. The molecule has 0 radical (unpaired) electrons. The van der Waals surface area contributed by atoms with Crippen LogP contribution in [0.2, 0.25) is 0 Å². The fourth-order valence-corrected chi connectivity index (χ4v) is 0.496. The predicted molar refractivity (Wildman–Crippen MR) is 51.0 cm³/mol. The van der Waals surface area contributed by atoms with Gasteiger partial charge in [0, 0.05) is 10.7 Å². The first-order chi connectivity index (χ1) is 5.04. The zero-order chi connectivity index (χ0) is 8.85. The molecule has 0 aliphatic carbocycles. The smallest absolute Gasteiger partial charge is 0.0588 e. The summed E-state index contributed by atoms with van der Waals surface area (Å²) in [7, 11) is 0. The molecule has 0 spiro atoms. The third-order valence-electron chi connectivity index (χ3n) is 1.24. The fraction of sp³-hybridized carbons (Fsp3) is 0.500. The summed E-state index contributed by atoms with van der Waals surface area (Å²) in [5.41, 5.74) is 1.27. The van der Waals surface area contributed by atoms with Crippen LogP contribution in [0.1, 0.15) is 20.8 Å². The average Bonchev–Trinajstić information content (AvgIpc) is 1.86. The van der Waals surface area contributed by atoms with Gasteiger partial charge in [0.2, 0.25) is 0 Å². The van der Waals surface area contributed by atoms with Crippen molar-refractivity contribution in [2.45, 2.75) is 20.8 Å². The van der Waals surface area contributed by atoms with Crippen molar-refractivity contribution in [3.05, 3.63) is 11.1 Å². The van der Waals surface area contributed by atoms with Crippen LogP contribution in [-0.2, 0) is 0 Å². The second kappa shape index (κ2) is 5.08. The van der Waals surface area contributed by atoms with Crippen molar-refractivity contribution >= 4 is 23.0 Å². The van der Waals surface area contributed by atoms with E-state index in [1.165, 1.54) is 0 Å². The molecule has 0 aliphatic rings. The molecule has 11 heavy (non-hydrogen) atoms. The van der Waals surface area contributed by atoms with E-state index in [-0.39, 0.29) is 0 Å². The van der Waals surface area contributed by atoms with Crippen LogP contribution in [0.4, 0.5) is 0 Å². The summed E-state index contributed by atoms with van der Waals surface area (Å²) in [5, 5.41) is 7.94. The van der Waals surface area contributed by atoms with E-state index in [4.69, 9.17) is 17.0 Å². The van der Waals surface area contributed by atoms with E-state index in [1.54, 1.807) is 6.92 Å². The highest BCUT2D eigenvalue weighted by Crippen LogP contribution is 1.96. The maximum atomic E-state index is 7.20. The van der Waals surface area contributed by atoms with E-state index in [9.17, 15) is 0 Å². The highest BCUT2D eigenvalue weighted by molar-refractivity contribution is 6.39. The van der Waals surface area contributed by atoms with Crippen LogP contribution in [-0.4, -0.2) is 18.0 Å². The quantitative estimate of drug-likeness (QED) is 0.636. The molecule has 0 amide bonds. The Labute approximate surface area is 72.5 Å². The first kappa shape index (κ1) is 10.4. The molecule has 0 bridgehead atoms. The zero-order valence-electron chi connectivity index (χ0n) is 7.11. The van der Waals surface area contributed by atoms with Crippen LogP contribution in [0, 0.1) is 5.41 Å². The minimum absolute atomic E-state index is 0.505. The van der Waals surface area contributed by atoms with Crippen molar-refractivity contribution in [3.8, 4) is 0 Å². The second-order valence-corrected chi connectivity index (χ2v) is 2.94. The van der Waals surface area contributed by atoms with Crippen molar-refractivity contribution < 1.29 is 0 Å². The normalized spacial score (nSPS) is 13.5. The molecule has 0 aromatic rings. The van der Waals surface area contributed by atoms with Gasteiger partial charge in [-0.2, -0.15) is 0 Å². The third kappa shape index (κ3) is 5.80. The lowest BCUT2D eigenvalue weighted by Gasteiger charge is -1.93. The van der Waals surface area contributed by atoms with Crippen LogP contribution in [0.5, 0.6) is 0 Å². The average molecular weight is 173 g/mol. The van der Waals surface area contributed by atoms with Gasteiger partial charge in [-0.05, 0) is 26.8 Å². The fourth-order valence-electron chi connectivity index (χ4n) is 0.427. The van der Waals surface area contributed by atoms with Crippen LogP contribution >= 0.6 is 11.6 Å². The Hall–Kier alpha value is -0.630. The molecule has 0 aromatic carbocycles. The van der Waals surface area contributed by atoms with E-state index in [2.05, 4.69) is 4.99 Å². The first-order valence-electron chi connectivity index (χ1n) is 3.43. The SMILES string of the molecule is CC(=N)C(C)=NC/C=C(\C)Cl. The molecule has 62 valence electrons. The highest BCUT2D eigenvalue weighted by Gasteiger charge is 1.90. The Kier molecular flexibility index (Phi) is 4.79. The predicted octanol–water partition coefficient (Wildman–Crippen LogP) is 2.63. The Balaban J connectivity index is 3.94. The molecule has 2 nitrogen and oxygen atoms in total. The zero-order valence-corrected chi connectivity index (χ0v) is 7.87. The van der Waals surface area contributed by atoms with Gasteiger partial charge in [0.05, 0.1) is 12.3 Å². The van der Waals surface area contributed by atoms with Crippen LogP contribution in [0.3, 0.4) is 0 Å². The molecule has 1 N–H and O–H groups in total. The molecule has 0 saturated carbocycles. The molecule has 0 heterocycles. The number of hydrogen-bond donors (Lipinski definition) is 1. The number of nitrogens with one attached hydrogen (secondary N) is 1. The highest BCUT2D eigenvalue weighted by atomic mass is 35.5. The minimum Gasteiger partial charge on any atom is -0.304 e. The molecule has 0 aliphatic heterocycles. The van der Waals surface area contributed by atoms with E-state index in [0.717, 1.165) is 10.7 Å². The van der Waals surface area contributed by atoms with Gasteiger partial charge < -0.3 is 5.41 Å². The summed E-state index contributed by atoms with van der Waals surface area (Å²) < 4.78 is 0. The van der Waals surface area contributed by atoms with Gasteiger partial charge in [0.25, 0.3) is 0 Å². The molecule has 0 aromatic heterocycles. The third-order valence-corrected chi connectivity index (χ3v) is 1.40. The Bertz CT molecular complexity index is 200. The molecule has 0 unspecified atom stereocenters. The first-order valence-corrected chi connectivity index (χ1v) is 3.80. The number of nitrogens with zero attached hydrogens (tertiary/aromatic N) is 1. The van der Waals surface area contributed by atoms with Crippen LogP contribution in [0.25, 0.3) is 0 Å². The molecule has 0 rings (SSSR count). The maximum absolute atomic E-state index is 7.20. The standard InChI is InChI=1S/C8H13ClN2/c1-6(9)4-5-11-8(3)7(2)10/h4,10H,5H2,1-3H3/b6-4+,10-7?,11-8?. The number of halogens is 1. The molecular formula is C8H13ClN2. The maximum Gasteiger partial charge on any atom is 0.0588 e. The Morgan fingerprint density at radius 3 is 2.36 bits per heavy atom. The summed E-state index contributed by atoms with van der Waals surface area (Å²) in [4.78, 5) is 4.10. The van der Waals surface area contributed by atoms with E-state index in [1.807, 2.05) is 19.9 Å². The van der Waals surface area contributed by atoms with Gasteiger partial charge in [-0.1, -0.05) is 11.6 Å². The van der Waals surface area contributed by atoms with Crippen molar-refractivity contribution in [3.63, 3.8) is 0 Å². The van der Waals surface area contributed by atoms with Crippen LogP contribution < -0.4 is 0 Å². The largest absolute Gasteiger partial charge is 0.304 e. The number of allylic oxidation sites excluding steroid dienone is 1. The van der Waals surface area contributed by atoms with E-state index >= 15 is 0 Å². The lowest BCUT2D eigenvalue weighted by molar-refractivity contribution is 1.23. The van der Waals surface area contributed by atoms with Gasteiger partial charge in [-0.3, -0.25) is 4.99 Å². The summed E-state index contributed by atoms with van der Waals surface area (Å²) in [6.45, 7) is 5.91. The Morgan fingerprint density at radius 2 is 2.00 bits per heavy atom. The molecule has 3 heteroatoms. The van der Waals surface area contributed by atoms with Crippen molar-refractivity contribution in [1.82, 2.24) is 0 Å². The molecule has 0 atom stereocenters. The number of rotatable bonds is 3. The van der Waals surface area contributed by atoms with Crippen molar-refractivity contribution in [2.75, 3.05) is 6.54 Å². The van der Waals surface area contributed by atoms with Gasteiger partial charge in [-0.25, -0.2) is 0 Å². The van der Waals surface area contributed by atoms with Gasteiger partial charge in [-0.15, -0.1) is 0 Å². The Morgan fingerprint density at radius 1 is 1.45 bits per heavy atom. The molecule has 0 fully saturated rings. The number of aliphatic imine (C=N–C) groups is 1. The van der Waals surface area contributed by atoms with E-state index < -0.39 is 0 Å².